The van der Waals surface area contributed by atoms with Crippen molar-refractivity contribution in [1.29, 1.82) is 0 Å². The Morgan fingerprint density at radius 1 is 1.44 bits per heavy atom. The third-order valence-corrected chi connectivity index (χ3v) is 5.63. The molecule has 0 radical (unpaired) electrons. The van der Waals surface area contributed by atoms with Crippen molar-refractivity contribution in [2.24, 2.45) is 5.92 Å². The quantitative estimate of drug-likeness (QED) is 0.802. The highest BCUT2D eigenvalue weighted by Gasteiger charge is 2.30. The van der Waals surface area contributed by atoms with Gasteiger partial charge in [-0.3, -0.25) is 0 Å². The Labute approximate surface area is 114 Å². The second-order valence-electron chi connectivity index (χ2n) is 4.98. The summed E-state index contributed by atoms with van der Waals surface area (Å²) in [7, 11) is -3.33. The van der Waals surface area contributed by atoms with E-state index in [9.17, 15) is 8.42 Å². The zero-order chi connectivity index (χ0) is 13.3. The largest absolute Gasteiger partial charge is 0.243 e. The lowest BCUT2D eigenvalue weighted by Crippen LogP contribution is -2.28. The van der Waals surface area contributed by atoms with Crippen molar-refractivity contribution in [3.63, 3.8) is 0 Å². The summed E-state index contributed by atoms with van der Waals surface area (Å²) in [6, 6.07) is 5.17. The van der Waals surface area contributed by atoms with Crippen molar-refractivity contribution in [1.82, 2.24) is 4.31 Å². The summed E-state index contributed by atoms with van der Waals surface area (Å²) in [6.45, 7) is 5.22. The van der Waals surface area contributed by atoms with E-state index in [4.69, 9.17) is 11.6 Å². The van der Waals surface area contributed by atoms with Crippen molar-refractivity contribution < 1.29 is 8.42 Å². The average molecular weight is 288 g/mol. The van der Waals surface area contributed by atoms with E-state index in [2.05, 4.69) is 6.92 Å². The Morgan fingerprint density at radius 3 is 2.67 bits per heavy atom. The van der Waals surface area contributed by atoms with E-state index in [0.717, 1.165) is 17.5 Å². The molecule has 0 amide bonds. The van der Waals surface area contributed by atoms with E-state index < -0.39 is 10.0 Å². The van der Waals surface area contributed by atoms with E-state index in [1.165, 1.54) is 0 Å². The first-order valence-corrected chi connectivity index (χ1v) is 8.08. The van der Waals surface area contributed by atoms with Crippen LogP contribution in [0.1, 0.15) is 24.5 Å². The molecule has 1 aliphatic rings. The lowest BCUT2D eigenvalue weighted by Gasteiger charge is -2.17. The molecule has 1 aromatic carbocycles. The molecule has 3 nitrogen and oxygen atoms in total. The highest BCUT2D eigenvalue weighted by atomic mass is 35.5. The van der Waals surface area contributed by atoms with Gasteiger partial charge >= 0.3 is 0 Å². The van der Waals surface area contributed by atoms with E-state index in [1.807, 2.05) is 6.92 Å². The maximum atomic E-state index is 12.4. The number of benzene rings is 1. The normalized spacial score (nSPS) is 21.4. The number of rotatable bonds is 3. The van der Waals surface area contributed by atoms with Crippen LogP contribution in [-0.2, 0) is 15.9 Å². The fraction of sp³-hybridized carbons (Fsp3) is 0.538. The van der Waals surface area contributed by atoms with Gasteiger partial charge in [-0.15, -0.1) is 11.6 Å². The van der Waals surface area contributed by atoms with E-state index in [0.29, 0.717) is 29.8 Å². The van der Waals surface area contributed by atoms with Crippen molar-refractivity contribution in [2.45, 2.75) is 31.0 Å². The highest BCUT2D eigenvalue weighted by Crippen LogP contribution is 2.25. The van der Waals surface area contributed by atoms with Gasteiger partial charge in [0.1, 0.15) is 0 Å². The Balaban J connectivity index is 2.33. The van der Waals surface area contributed by atoms with Crippen LogP contribution in [0.4, 0.5) is 0 Å². The Hall–Kier alpha value is -0.580. The van der Waals surface area contributed by atoms with Crippen LogP contribution in [0.5, 0.6) is 0 Å². The SMILES string of the molecule is Cc1cc(S(=O)(=O)N2CCC(C)C2)ccc1CCl. The molecule has 18 heavy (non-hydrogen) atoms. The van der Waals surface area contributed by atoms with Crippen LogP contribution in [0.15, 0.2) is 23.1 Å². The molecule has 0 aliphatic carbocycles. The van der Waals surface area contributed by atoms with Gasteiger partial charge < -0.3 is 0 Å². The predicted octanol–water partition coefficient (Wildman–Crippen LogP) is 2.76. The van der Waals surface area contributed by atoms with Gasteiger partial charge in [0.05, 0.1) is 4.90 Å². The van der Waals surface area contributed by atoms with E-state index in [-0.39, 0.29) is 0 Å². The molecule has 5 heteroatoms. The smallest absolute Gasteiger partial charge is 0.207 e. The van der Waals surface area contributed by atoms with Gasteiger partial charge in [0, 0.05) is 19.0 Å². The molecule has 1 unspecified atom stereocenters. The molecule has 1 aliphatic heterocycles. The van der Waals surface area contributed by atoms with Crippen LogP contribution in [0, 0.1) is 12.8 Å². The van der Waals surface area contributed by atoms with Gasteiger partial charge in [0.25, 0.3) is 0 Å². The summed E-state index contributed by atoms with van der Waals surface area (Å²) in [5.41, 5.74) is 1.91. The van der Waals surface area contributed by atoms with Gasteiger partial charge in [0.15, 0.2) is 0 Å². The molecule has 1 heterocycles. The molecular weight excluding hydrogens is 270 g/mol. The van der Waals surface area contributed by atoms with Gasteiger partial charge in [0.2, 0.25) is 10.0 Å². The van der Waals surface area contributed by atoms with Crippen LogP contribution in [0.25, 0.3) is 0 Å². The number of alkyl halides is 1. The van der Waals surface area contributed by atoms with Crippen molar-refractivity contribution in [3.8, 4) is 0 Å². The molecule has 1 aromatic rings. The summed E-state index contributed by atoms with van der Waals surface area (Å²) >= 11 is 5.79. The first-order valence-electron chi connectivity index (χ1n) is 6.11. The maximum Gasteiger partial charge on any atom is 0.243 e. The first kappa shape index (κ1) is 13.8. The molecule has 0 spiro atoms. The summed E-state index contributed by atoms with van der Waals surface area (Å²) in [5.74, 6) is 0.857. The monoisotopic (exact) mass is 287 g/mol. The minimum Gasteiger partial charge on any atom is -0.207 e. The summed E-state index contributed by atoms with van der Waals surface area (Å²) in [5, 5.41) is 0. The van der Waals surface area contributed by atoms with Crippen LogP contribution in [0.2, 0.25) is 0 Å². The summed E-state index contributed by atoms with van der Waals surface area (Å²) in [4.78, 5) is 0.378. The number of hydrogen-bond acceptors (Lipinski definition) is 2. The first-order chi connectivity index (χ1) is 8.45. The number of nitrogens with zero attached hydrogens (tertiary/aromatic N) is 1. The summed E-state index contributed by atoms with van der Waals surface area (Å²) < 4.78 is 26.4. The molecule has 0 bridgehead atoms. The molecule has 100 valence electrons. The van der Waals surface area contributed by atoms with E-state index >= 15 is 0 Å². The lowest BCUT2D eigenvalue weighted by molar-refractivity contribution is 0.464. The lowest BCUT2D eigenvalue weighted by atomic mass is 10.1. The fourth-order valence-corrected chi connectivity index (χ4v) is 4.20. The maximum absolute atomic E-state index is 12.4. The highest BCUT2D eigenvalue weighted by molar-refractivity contribution is 7.89. The van der Waals surface area contributed by atoms with Crippen molar-refractivity contribution >= 4 is 21.6 Å². The number of hydrogen-bond donors (Lipinski definition) is 0. The minimum absolute atomic E-state index is 0.378. The number of halogens is 1. The second kappa shape index (κ2) is 5.19. The molecule has 0 aromatic heterocycles. The molecule has 0 saturated carbocycles. The molecule has 1 saturated heterocycles. The third-order valence-electron chi connectivity index (χ3n) is 3.48. The Bertz CT molecular complexity index is 542. The topological polar surface area (TPSA) is 37.4 Å². The number of sulfonamides is 1. The molecule has 2 rings (SSSR count). The van der Waals surface area contributed by atoms with Gasteiger partial charge in [-0.1, -0.05) is 13.0 Å². The van der Waals surface area contributed by atoms with Crippen LogP contribution in [-0.4, -0.2) is 25.8 Å². The third kappa shape index (κ3) is 2.56. The Kier molecular flexibility index (Phi) is 3.99. The molecule has 1 atom stereocenters. The minimum atomic E-state index is -3.33. The second-order valence-corrected chi connectivity index (χ2v) is 7.18. The zero-order valence-electron chi connectivity index (χ0n) is 10.7. The van der Waals surface area contributed by atoms with Crippen LogP contribution < -0.4 is 0 Å². The predicted molar refractivity (Wildman–Crippen MR) is 73.3 cm³/mol. The van der Waals surface area contributed by atoms with Crippen molar-refractivity contribution in [3.05, 3.63) is 29.3 Å². The Morgan fingerprint density at radius 2 is 2.17 bits per heavy atom. The molecule has 0 N–H and O–H groups in total. The van der Waals surface area contributed by atoms with Crippen molar-refractivity contribution in [2.75, 3.05) is 13.1 Å². The summed E-state index contributed by atoms with van der Waals surface area (Å²) in [6.07, 6.45) is 0.942. The van der Waals surface area contributed by atoms with Crippen LogP contribution >= 0.6 is 11.6 Å². The molecular formula is C13H18ClNO2S. The zero-order valence-corrected chi connectivity index (χ0v) is 12.3. The fourth-order valence-electron chi connectivity index (χ4n) is 2.24. The molecule has 1 fully saturated rings. The number of aryl methyl sites for hydroxylation is 1. The standard InChI is InChI=1S/C13H18ClNO2S/c1-10-5-6-15(9-10)18(16,17)13-4-3-12(8-14)11(2)7-13/h3-4,7,10H,5-6,8-9H2,1-2H3. The van der Waals surface area contributed by atoms with Gasteiger partial charge in [-0.2, -0.15) is 4.31 Å². The van der Waals surface area contributed by atoms with E-state index in [1.54, 1.807) is 22.5 Å². The van der Waals surface area contributed by atoms with Gasteiger partial charge in [-0.05, 0) is 42.5 Å². The van der Waals surface area contributed by atoms with Gasteiger partial charge in [-0.25, -0.2) is 8.42 Å². The average Bonchev–Trinajstić information content (AvgIpc) is 2.76. The van der Waals surface area contributed by atoms with Crippen LogP contribution in [0.3, 0.4) is 0 Å².